The van der Waals surface area contributed by atoms with Crippen LogP contribution in [0.25, 0.3) is 0 Å². The Morgan fingerprint density at radius 1 is 1.50 bits per heavy atom. The maximum Gasteiger partial charge on any atom is 0.181 e. The fourth-order valence-electron chi connectivity index (χ4n) is 0.952. The average Bonchev–Trinajstić information content (AvgIpc) is 2.10. The van der Waals surface area contributed by atoms with Crippen molar-refractivity contribution >= 4 is 0 Å². The van der Waals surface area contributed by atoms with Gasteiger partial charge in [-0.1, -0.05) is 13.8 Å². The molecule has 0 radical (unpaired) electrons. The van der Waals surface area contributed by atoms with E-state index in [0.717, 1.165) is 0 Å². The van der Waals surface area contributed by atoms with E-state index in [4.69, 9.17) is 10.00 Å². The quantitative estimate of drug-likeness (QED) is 0.493. The van der Waals surface area contributed by atoms with Crippen LogP contribution in [0, 0.1) is 16.7 Å². The molecule has 0 aromatic rings. The van der Waals surface area contributed by atoms with Gasteiger partial charge in [0.1, 0.15) is 6.07 Å². The van der Waals surface area contributed by atoms with Gasteiger partial charge in [-0.05, 0) is 0 Å². The van der Waals surface area contributed by atoms with Gasteiger partial charge in [0.05, 0.1) is 13.2 Å². The van der Waals surface area contributed by atoms with Gasteiger partial charge in [0, 0.05) is 5.41 Å². The normalized spacial score (nSPS) is 37.4. The zero-order valence-corrected chi connectivity index (χ0v) is 6.22. The number of hydrogen-bond donors (Lipinski definition) is 1. The Bertz CT molecular complexity index is 183. The van der Waals surface area contributed by atoms with Gasteiger partial charge in [-0.25, -0.2) is 0 Å². The first-order valence-corrected chi connectivity index (χ1v) is 3.23. The second-order valence-corrected chi connectivity index (χ2v) is 3.35. The molecule has 1 saturated heterocycles. The fourth-order valence-corrected chi connectivity index (χ4v) is 0.952. The van der Waals surface area contributed by atoms with Crippen molar-refractivity contribution in [2.45, 2.75) is 19.4 Å². The molecule has 56 valence electrons. The SMILES string of the molecule is CC1(C)COCC1(O)C#N. The van der Waals surface area contributed by atoms with Crippen LogP contribution in [-0.4, -0.2) is 23.9 Å². The molecule has 0 saturated carbocycles. The Labute approximate surface area is 60.2 Å². The minimum absolute atomic E-state index is 0.135. The van der Waals surface area contributed by atoms with Crippen molar-refractivity contribution < 1.29 is 9.84 Å². The maximum absolute atomic E-state index is 9.54. The van der Waals surface area contributed by atoms with Crippen molar-refractivity contribution in [2.24, 2.45) is 5.41 Å². The lowest BCUT2D eigenvalue weighted by Crippen LogP contribution is -2.41. The van der Waals surface area contributed by atoms with Crippen LogP contribution in [0.2, 0.25) is 0 Å². The van der Waals surface area contributed by atoms with Crippen LogP contribution in [0.3, 0.4) is 0 Å². The van der Waals surface area contributed by atoms with Crippen LogP contribution in [0.5, 0.6) is 0 Å². The number of nitriles is 1. The summed E-state index contributed by atoms with van der Waals surface area (Å²) in [7, 11) is 0. The molecule has 1 rings (SSSR count). The molecule has 3 heteroatoms. The molecule has 0 aliphatic carbocycles. The van der Waals surface area contributed by atoms with Gasteiger partial charge in [0.2, 0.25) is 0 Å². The van der Waals surface area contributed by atoms with E-state index in [2.05, 4.69) is 0 Å². The minimum Gasteiger partial charge on any atom is -0.377 e. The average molecular weight is 141 g/mol. The van der Waals surface area contributed by atoms with Crippen LogP contribution >= 0.6 is 0 Å². The molecule has 1 N–H and O–H groups in total. The van der Waals surface area contributed by atoms with E-state index >= 15 is 0 Å². The second-order valence-electron chi connectivity index (χ2n) is 3.35. The van der Waals surface area contributed by atoms with Gasteiger partial charge in [-0.15, -0.1) is 0 Å². The van der Waals surface area contributed by atoms with Crippen LogP contribution in [0.4, 0.5) is 0 Å². The summed E-state index contributed by atoms with van der Waals surface area (Å²) in [6.07, 6.45) is 0. The highest BCUT2D eigenvalue weighted by Crippen LogP contribution is 2.36. The van der Waals surface area contributed by atoms with Crippen LogP contribution in [-0.2, 0) is 4.74 Å². The lowest BCUT2D eigenvalue weighted by atomic mass is 9.79. The van der Waals surface area contributed by atoms with E-state index < -0.39 is 11.0 Å². The van der Waals surface area contributed by atoms with Crippen molar-refractivity contribution in [3.63, 3.8) is 0 Å². The molecular formula is C7H11NO2. The largest absolute Gasteiger partial charge is 0.377 e. The highest BCUT2D eigenvalue weighted by molar-refractivity contribution is 5.12. The van der Waals surface area contributed by atoms with E-state index in [1.54, 1.807) is 0 Å². The molecule has 0 spiro atoms. The zero-order chi connectivity index (χ0) is 7.83. The van der Waals surface area contributed by atoms with Crippen molar-refractivity contribution in [1.82, 2.24) is 0 Å². The molecule has 1 aliphatic rings. The second kappa shape index (κ2) is 1.94. The highest BCUT2D eigenvalue weighted by Gasteiger charge is 2.49. The fraction of sp³-hybridized carbons (Fsp3) is 0.857. The van der Waals surface area contributed by atoms with Gasteiger partial charge in [-0.2, -0.15) is 5.26 Å². The lowest BCUT2D eigenvalue weighted by Gasteiger charge is -2.26. The summed E-state index contributed by atoms with van der Waals surface area (Å²) in [5.74, 6) is 0. The molecule has 1 aliphatic heterocycles. The number of nitrogens with zero attached hydrogens (tertiary/aromatic N) is 1. The third-order valence-corrected chi connectivity index (χ3v) is 2.08. The standard InChI is InChI=1S/C7H11NO2/c1-6(2)4-10-5-7(6,9)3-8/h9H,4-5H2,1-2H3. The van der Waals surface area contributed by atoms with Gasteiger partial charge in [-0.3, -0.25) is 0 Å². The first kappa shape index (κ1) is 7.52. The predicted octanol–water partition coefficient (Wildman–Crippen LogP) is 0.297. The molecule has 0 aromatic carbocycles. The van der Waals surface area contributed by atoms with E-state index in [1.165, 1.54) is 0 Å². The number of aliphatic hydroxyl groups is 1. The molecule has 1 fully saturated rings. The third-order valence-electron chi connectivity index (χ3n) is 2.08. The minimum atomic E-state index is -1.28. The summed E-state index contributed by atoms with van der Waals surface area (Å²) < 4.78 is 4.99. The van der Waals surface area contributed by atoms with Crippen LogP contribution < -0.4 is 0 Å². The predicted molar refractivity (Wildman–Crippen MR) is 35.2 cm³/mol. The Kier molecular flexibility index (Phi) is 1.46. The molecule has 0 aromatic heterocycles. The summed E-state index contributed by atoms with van der Waals surface area (Å²) in [6, 6.07) is 1.86. The molecule has 0 bridgehead atoms. The van der Waals surface area contributed by atoms with Crippen molar-refractivity contribution in [3.05, 3.63) is 0 Å². The number of hydrogen-bond acceptors (Lipinski definition) is 3. The monoisotopic (exact) mass is 141 g/mol. The molecule has 1 atom stereocenters. The maximum atomic E-state index is 9.54. The topological polar surface area (TPSA) is 53.2 Å². The summed E-state index contributed by atoms with van der Waals surface area (Å²) in [6.45, 7) is 4.24. The van der Waals surface area contributed by atoms with Crippen LogP contribution in [0.1, 0.15) is 13.8 Å². The van der Waals surface area contributed by atoms with E-state index in [9.17, 15) is 5.11 Å². The first-order chi connectivity index (χ1) is 4.52. The van der Waals surface area contributed by atoms with Crippen molar-refractivity contribution in [3.8, 4) is 6.07 Å². The molecule has 1 heterocycles. The van der Waals surface area contributed by atoms with Crippen LogP contribution in [0.15, 0.2) is 0 Å². The summed E-state index contributed by atoms with van der Waals surface area (Å²) >= 11 is 0. The van der Waals surface area contributed by atoms with Gasteiger partial charge in [0.25, 0.3) is 0 Å². The Morgan fingerprint density at radius 2 is 2.10 bits per heavy atom. The van der Waals surface area contributed by atoms with Gasteiger partial charge in [0.15, 0.2) is 5.60 Å². The highest BCUT2D eigenvalue weighted by atomic mass is 16.5. The summed E-state index contributed by atoms with van der Waals surface area (Å²) in [5.41, 5.74) is -1.71. The van der Waals surface area contributed by atoms with Crippen molar-refractivity contribution in [1.29, 1.82) is 5.26 Å². The lowest BCUT2D eigenvalue weighted by molar-refractivity contribution is 0.0212. The molecule has 0 amide bonds. The Hall–Kier alpha value is -0.590. The zero-order valence-electron chi connectivity index (χ0n) is 6.22. The van der Waals surface area contributed by atoms with Gasteiger partial charge < -0.3 is 9.84 Å². The summed E-state index contributed by atoms with van der Waals surface area (Å²) in [4.78, 5) is 0. The smallest absolute Gasteiger partial charge is 0.181 e. The first-order valence-electron chi connectivity index (χ1n) is 3.23. The molecular weight excluding hydrogens is 130 g/mol. The van der Waals surface area contributed by atoms with E-state index in [0.29, 0.717) is 6.61 Å². The number of ether oxygens (including phenoxy) is 1. The van der Waals surface area contributed by atoms with E-state index in [1.807, 2.05) is 19.9 Å². The molecule has 3 nitrogen and oxygen atoms in total. The molecule has 10 heavy (non-hydrogen) atoms. The molecule has 1 unspecified atom stereocenters. The summed E-state index contributed by atoms with van der Waals surface area (Å²) in [5, 5.41) is 18.1. The van der Waals surface area contributed by atoms with Gasteiger partial charge >= 0.3 is 0 Å². The number of rotatable bonds is 0. The van der Waals surface area contributed by atoms with Crippen molar-refractivity contribution in [2.75, 3.05) is 13.2 Å². The van der Waals surface area contributed by atoms with E-state index in [-0.39, 0.29) is 6.61 Å². The third kappa shape index (κ3) is 0.808. The Balaban J connectivity index is 2.89. The Morgan fingerprint density at radius 3 is 2.30 bits per heavy atom.